The molecular weight excluding hydrogens is 408 g/mol. The standard InChI is InChI=1S/C10H20O.C10H18O.C10H16O/c1-8(2)9-4-5-10(9,3)6-7-11;2*1-10(2)6-3-4-9(8-10)5-7-11/h8-9,11H,4-7H2,1-3H3;5,11H,3-4,6-8H2,1-2H3;5,7H,3-4,6,8H2,1-2H3/b;9-5-;9-5+/t9-,10+;;/m0../s1. The molecule has 2 atom stereocenters. The summed E-state index contributed by atoms with van der Waals surface area (Å²) in [6.07, 6.45) is 18.1. The molecule has 3 aliphatic rings. The van der Waals surface area contributed by atoms with Crippen molar-refractivity contribution >= 4 is 6.29 Å². The Morgan fingerprint density at radius 1 is 0.909 bits per heavy atom. The maximum Gasteiger partial charge on any atom is 0.142 e. The highest BCUT2D eigenvalue weighted by Gasteiger charge is 2.43. The molecule has 3 saturated carbocycles. The molecule has 0 aliphatic heterocycles. The minimum absolute atomic E-state index is 0.214. The van der Waals surface area contributed by atoms with Crippen LogP contribution in [0.1, 0.15) is 119 Å². The summed E-state index contributed by atoms with van der Waals surface area (Å²) in [6.45, 7) is 16.6. The number of carbonyl (C=O) groups excluding carboxylic acids is 1. The molecule has 0 aromatic heterocycles. The van der Waals surface area contributed by atoms with E-state index in [9.17, 15) is 4.79 Å². The lowest BCUT2D eigenvalue weighted by Gasteiger charge is -2.49. The van der Waals surface area contributed by atoms with E-state index in [1.165, 1.54) is 62.5 Å². The molecule has 3 nitrogen and oxygen atoms in total. The van der Waals surface area contributed by atoms with Crippen LogP contribution in [-0.4, -0.2) is 29.7 Å². The molecule has 3 heteroatoms. The Labute approximate surface area is 205 Å². The minimum Gasteiger partial charge on any atom is -0.396 e. The molecule has 0 heterocycles. The van der Waals surface area contributed by atoms with E-state index in [1.54, 1.807) is 6.08 Å². The molecule has 3 fully saturated rings. The average Bonchev–Trinajstić information content (AvgIpc) is 2.67. The van der Waals surface area contributed by atoms with E-state index in [4.69, 9.17) is 10.2 Å². The van der Waals surface area contributed by atoms with Crippen molar-refractivity contribution in [2.75, 3.05) is 13.2 Å². The maximum atomic E-state index is 10.2. The van der Waals surface area contributed by atoms with Crippen LogP contribution >= 0.6 is 0 Å². The van der Waals surface area contributed by atoms with Crippen molar-refractivity contribution in [2.45, 2.75) is 119 Å². The Morgan fingerprint density at radius 3 is 1.85 bits per heavy atom. The zero-order valence-electron chi connectivity index (χ0n) is 22.9. The second-order valence-electron chi connectivity index (χ2n) is 12.9. The number of rotatable bonds is 5. The van der Waals surface area contributed by atoms with Crippen LogP contribution in [0.25, 0.3) is 0 Å². The third-order valence-corrected chi connectivity index (χ3v) is 8.21. The van der Waals surface area contributed by atoms with Gasteiger partial charge in [0.2, 0.25) is 0 Å². The molecular formula is C30H54O3. The van der Waals surface area contributed by atoms with Gasteiger partial charge in [-0.3, -0.25) is 4.79 Å². The van der Waals surface area contributed by atoms with E-state index in [2.05, 4.69) is 48.5 Å². The van der Waals surface area contributed by atoms with E-state index >= 15 is 0 Å². The van der Waals surface area contributed by atoms with Crippen molar-refractivity contribution in [3.05, 3.63) is 23.3 Å². The van der Waals surface area contributed by atoms with Crippen molar-refractivity contribution < 1.29 is 15.0 Å². The van der Waals surface area contributed by atoms with E-state index in [-0.39, 0.29) is 6.61 Å². The summed E-state index contributed by atoms with van der Waals surface area (Å²) in [5, 5.41) is 17.6. The van der Waals surface area contributed by atoms with Gasteiger partial charge in [0.1, 0.15) is 6.29 Å². The molecule has 0 radical (unpaired) electrons. The monoisotopic (exact) mass is 462 g/mol. The first-order valence-corrected chi connectivity index (χ1v) is 13.4. The first kappa shape index (κ1) is 30.1. The van der Waals surface area contributed by atoms with Crippen LogP contribution in [-0.2, 0) is 4.79 Å². The maximum absolute atomic E-state index is 10.2. The van der Waals surface area contributed by atoms with Crippen LogP contribution in [0.15, 0.2) is 23.3 Å². The van der Waals surface area contributed by atoms with Crippen molar-refractivity contribution in [3.8, 4) is 0 Å². The van der Waals surface area contributed by atoms with Gasteiger partial charge >= 0.3 is 0 Å². The quantitative estimate of drug-likeness (QED) is 0.250. The van der Waals surface area contributed by atoms with Gasteiger partial charge in [0.25, 0.3) is 0 Å². The topological polar surface area (TPSA) is 57.5 Å². The average molecular weight is 463 g/mol. The zero-order chi connectivity index (χ0) is 25.1. The molecule has 0 spiro atoms. The number of hydrogen-bond acceptors (Lipinski definition) is 3. The van der Waals surface area contributed by atoms with Crippen LogP contribution in [0.3, 0.4) is 0 Å². The van der Waals surface area contributed by atoms with Crippen LogP contribution in [0, 0.1) is 28.1 Å². The first-order valence-electron chi connectivity index (χ1n) is 13.4. The normalized spacial score (nSPS) is 30.5. The fourth-order valence-corrected chi connectivity index (χ4v) is 6.22. The van der Waals surface area contributed by atoms with Crippen LogP contribution in [0.2, 0.25) is 0 Å². The summed E-state index contributed by atoms with van der Waals surface area (Å²) in [4.78, 5) is 10.2. The van der Waals surface area contributed by atoms with Gasteiger partial charge in [0.15, 0.2) is 0 Å². The number of aliphatic hydroxyl groups excluding tert-OH is 2. The molecule has 3 aliphatic carbocycles. The van der Waals surface area contributed by atoms with Gasteiger partial charge in [0, 0.05) is 6.61 Å². The number of carbonyl (C=O) groups is 1. The summed E-state index contributed by atoms with van der Waals surface area (Å²) in [5.41, 5.74) is 4.13. The summed E-state index contributed by atoms with van der Waals surface area (Å²) in [5.74, 6) is 1.65. The Kier molecular flexibility index (Phi) is 12.6. The predicted molar refractivity (Wildman–Crippen MR) is 141 cm³/mol. The third-order valence-electron chi connectivity index (χ3n) is 8.21. The van der Waals surface area contributed by atoms with Gasteiger partial charge in [-0.1, -0.05) is 65.7 Å². The second-order valence-corrected chi connectivity index (χ2v) is 12.9. The third kappa shape index (κ3) is 10.9. The van der Waals surface area contributed by atoms with Gasteiger partial charge in [-0.25, -0.2) is 0 Å². The Balaban J connectivity index is 0.000000247. The number of aldehydes is 1. The fraction of sp³-hybridized carbons (Fsp3) is 0.833. The minimum atomic E-state index is 0.214. The SMILES string of the molecule is CC(C)[C@@H]1CC[C@]1(C)CCO.CC1(C)CCC/C(=C/CO)C1.CC1(C)CCC/C(=C\C=O)C1. The Hall–Kier alpha value is -0.930. The van der Waals surface area contributed by atoms with Crippen molar-refractivity contribution in [1.82, 2.24) is 0 Å². The number of allylic oxidation sites excluding steroid dienone is 3. The molecule has 0 aromatic rings. The van der Waals surface area contributed by atoms with Gasteiger partial charge < -0.3 is 10.2 Å². The highest BCUT2D eigenvalue weighted by Crippen LogP contribution is 2.52. The predicted octanol–water partition coefficient (Wildman–Crippen LogP) is 7.66. The van der Waals surface area contributed by atoms with Crippen molar-refractivity contribution in [3.63, 3.8) is 0 Å². The highest BCUT2D eigenvalue weighted by atomic mass is 16.3. The van der Waals surface area contributed by atoms with Crippen molar-refractivity contribution in [1.29, 1.82) is 0 Å². The van der Waals surface area contributed by atoms with Crippen LogP contribution < -0.4 is 0 Å². The molecule has 0 amide bonds. The highest BCUT2D eigenvalue weighted by molar-refractivity contribution is 5.66. The largest absolute Gasteiger partial charge is 0.396 e. The van der Waals surface area contributed by atoms with Gasteiger partial charge in [-0.2, -0.15) is 0 Å². The van der Waals surface area contributed by atoms with E-state index in [0.29, 0.717) is 22.9 Å². The van der Waals surface area contributed by atoms with Crippen LogP contribution in [0.4, 0.5) is 0 Å². The Morgan fingerprint density at radius 2 is 1.45 bits per heavy atom. The molecule has 0 bridgehead atoms. The summed E-state index contributed by atoms with van der Waals surface area (Å²) in [6, 6.07) is 0. The van der Waals surface area contributed by atoms with E-state index in [0.717, 1.165) is 37.4 Å². The van der Waals surface area contributed by atoms with Gasteiger partial charge in [0.05, 0.1) is 6.61 Å². The summed E-state index contributed by atoms with van der Waals surface area (Å²) < 4.78 is 0. The lowest BCUT2D eigenvalue weighted by atomic mass is 9.56. The molecule has 3 rings (SSSR count). The van der Waals surface area contributed by atoms with Gasteiger partial charge in [-0.15, -0.1) is 0 Å². The first-order chi connectivity index (χ1) is 15.4. The molecule has 192 valence electrons. The van der Waals surface area contributed by atoms with Crippen LogP contribution in [0.5, 0.6) is 0 Å². The molecule has 0 saturated heterocycles. The number of hydrogen-bond donors (Lipinski definition) is 2. The van der Waals surface area contributed by atoms with Crippen molar-refractivity contribution in [2.24, 2.45) is 28.1 Å². The van der Waals surface area contributed by atoms with E-state index in [1.807, 2.05) is 6.08 Å². The zero-order valence-corrected chi connectivity index (χ0v) is 22.9. The molecule has 0 aromatic carbocycles. The summed E-state index contributed by atoms with van der Waals surface area (Å²) in [7, 11) is 0. The second kappa shape index (κ2) is 13.8. The lowest BCUT2D eigenvalue weighted by Crippen LogP contribution is -2.41. The molecule has 33 heavy (non-hydrogen) atoms. The fourth-order valence-electron chi connectivity index (χ4n) is 6.22. The van der Waals surface area contributed by atoms with E-state index < -0.39 is 0 Å². The molecule has 2 N–H and O–H groups in total. The lowest BCUT2D eigenvalue weighted by molar-refractivity contribution is -0.104. The summed E-state index contributed by atoms with van der Waals surface area (Å²) >= 11 is 0. The molecule has 0 unspecified atom stereocenters. The smallest absolute Gasteiger partial charge is 0.142 e. The van der Waals surface area contributed by atoms with Gasteiger partial charge in [-0.05, 0) is 105 Å². The number of aliphatic hydroxyl groups is 2. The Bertz CT molecular complexity index is 641.